The Labute approximate surface area is 359 Å². The molecule has 62 heavy (non-hydrogen) atoms. The Morgan fingerprint density at radius 3 is 1.45 bits per heavy atom. The minimum atomic E-state index is -0.414. The van der Waals surface area contributed by atoms with E-state index in [1.165, 1.54) is 121 Å². The maximum Gasteiger partial charge on any atom is 0.0725 e. The zero-order valence-corrected chi connectivity index (χ0v) is 33.8. The maximum atomic E-state index is 2.49. The third kappa shape index (κ3) is 4.32. The van der Waals surface area contributed by atoms with Crippen LogP contribution < -0.4 is 0 Å². The first-order valence-corrected chi connectivity index (χ1v) is 21.7. The van der Waals surface area contributed by atoms with Crippen LogP contribution in [0.3, 0.4) is 0 Å². The molecule has 0 bridgehead atoms. The van der Waals surface area contributed by atoms with Crippen molar-refractivity contribution >= 4 is 54.1 Å². The van der Waals surface area contributed by atoms with E-state index >= 15 is 0 Å². The Morgan fingerprint density at radius 1 is 0.274 bits per heavy atom. The van der Waals surface area contributed by atoms with E-state index in [0.29, 0.717) is 0 Å². The van der Waals surface area contributed by atoms with Crippen LogP contribution in [-0.4, -0.2) is 4.57 Å². The summed E-state index contributed by atoms with van der Waals surface area (Å²) >= 11 is 0. The number of aromatic nitrogens is 1. The molecule has 1 nitrogen and oxygen atoms in total. The number of benzene rings is 11. The van der Waals surface area contributed by atoms with E-state index in [2.05, 4.69) is 229 Å². The fraction of sp³-hybridized carbons (Fsp3) is 0.0164. The lowest BCUT2D eigenvalue weighted by Gasteiger charge is -2.30. The van der Waals surface area contributed by atoms with Gasteiger partial charge in [-0.05, 0) is 135 Å². The lowest BCUT2D eigenvalue weighted by Crippen LogP contribution is -2.25. The molecule has 0 fully saturated rings. The quantitative estimate of drug-likeness (QED) is 0.157. The van der Waals surface area contributed by atoms with Crippen molar-refractivity contribution in [2.45, 2.75) is 5.41 Å². The van der Waals surface area contributed by atoms with Gasteiger partial charge in [-0.15, -0.1) is 0 Å². The summed E-state index contributed by atoms with van der Waals surface area (Å²) in [4.78, 5) is 0. The zero-order chi connectivity index (χ0) is 40.5. The lowest BCUT2D eigenvalue weighted by molar-refractivity contribution is 0.794. The van der Waals surface area contributed by atoms with Crippen LogP contribution in [0.2, 0.25) is 0 Å². The Kier molecular flexibility index (Phi) is 6.82. The standard InChI is InChI=1S/C61H37N/c1-2-17-40(18-3-1)62-57-32-15-11-26-50(57)60-51(38-33-34-46-44-21-5-4-19-42(44)43-20-6-7-22-45(43)52(46)35-38)36-39(37-58(60)62)41-27-16-31-56-59(41)49-25-10-14-30-55(49)61(56)53-28-12-8-23-47(53)48-24-9-13-29-54(48)61/h1-37H. The van der Waals surface area contributed by atoms with E-state index in [-0.39, 0.29) is 0 Å². The van der Waals surface area contributed by atoms with Gasteiger partial charge < -0.3 is 4.57 Å². The number of hydrogen-bond donors (Lipinski definition) is 0. The fourth-order valence-corrected chi connectivity index (χ4v) is 11.8. The van der Waals surface area contributed by atoms with Crippen LogP contribution in [0.1, 0.15) is 22.3 Å². The smallest absolute Gasteiger partial charge is 0.0725 e. The van der Waals surface area contributed by atoms with Crippen LogP contribution >= 0.6 is 0 Å². The van der Waals surface area contributed by atoms with Crippen molar-refractivity contribution in [3.8, 4) is 50.2 Å². The van der Waals surface area contributed by atoms with E-state index in [1.807, 2.05) is 0 Å². The molecule has 286 valence electrons. The highest BCUT2D eigenvalue weighted by molar-refractivity contribution is 6.26. The maximum absolute atomic E-state index is 2.49. The van der Waals surface area contributed by atoms with Gasteiger partial charge in [0.1, 0.15) is 0 Å². The van der Waals surface area contributed by atoms with Crippen LogP contribution in [0.15, 0.2) is 224 Å². The Hall–Kier alpha value is -8.00. The zero-order valence-electron chi connectivity index (χ0n) is 33.8. The predicted molar refractivity (Wildman–Crippen MR) is 260 cm³/mol. The van der Waals surface area contributed by atoms with Crippen LogP contribution in [0.5, 0.6) is 0 Å². The number of rotatable bonds is 3. The molecule has 0 amide bonds. The van der Waals surface area contributed by atoms with Crippen LogP contribution in [0.4, 0.5) is 0 Å². The van der Waals surface area contributed by atoms with Crippen LogP contribution in [0, 0.1) is 0 Å². The SMILES string of the molecule is c1ccc(-n2c3ccccc3c3c(-c4ccc5c6ccccc6c6ccccc6c5c4)cc(-c4cccc5c4-c4ccccc4C54c5ccccc5-c5ccccc54)cc32)cc1. The summed E-state index contributed by atoms with van der Waals surface area (Å²) in [5, 5.41) is 10.2. The molecule has 0 atom stereocenters. The van der Waals surface area contributed by atoms with Gasteiger partial charge >= 0.3 is 0 Å². The minimum absolute atomic E-state index is 0.414. The predicted octanol–water partition coefficient (Wildman–Crippen LogP) is 15.9. The second-order valence-corrected chi connectivity index (χ2v) is 17.1. The van der Waals surface area contributed by atoms with Crippen molar-refractivity contribution in [2.24, 2.45) is 0 Å². The summed E-state index contributed by atoms with van der Waals surface area (Å²) in [5.41, 5.74) is 18.7. The number of nitrogens with zero attached hydrogens (tertiary/aromatic N) is 1. The summed E-state index contributed by atoms with van der Waals surface area (Å²) in [5.74, 6) is 0. The molecule has 0 saturated carbocycles. The molecule has 0 radical (unpaired) electrons. The molecule has 0 N–H and O–H groups in total. The van der Waals surface area contributed by atoms with Gasteiger partial charge in [0, 0.05) is 16.5 Å². The molecule has 14 rings (SSSR count). The fourth-order valence-electron chi connectivity index (χ4n) is 11.8. The molecule has 1 heterocycles. The molecule has 12 aromatic rings. The van der Waals surface area contributed by atoms with Gasteiger partial charge in [-0.1, -0.05) is 188 Å². The van der Waals surface area contributed by atoms with Gasteiger partial charge in [0.25, 0.3) is 0 Å². The molecule has 0 saturated heterocycles. The molecular weight excluding hydrogens is 747 g/mol. The van der Waals surface area contributed by atoms with Crippen LogP contribution in [0.25, 0.3) is 104 Å². The summed E-state index contributed by atoms with van der Waals surface area (Å²) in [6, 6.07) is 84.2. The van der Waals surface area contributed by atoms with E-state index in [4.69, 9.17) is 0 Å². The lowest BCUT2D eigenvalue weighted by atomic mass is 9.70. The van der Waals surface area contributed by atoms with Crippen molar-refractivity contribution < 1.29 is 0 Å². The normalized spacial score (nSPS) is 13.3. The molecule has 11 aromatic carbocycles. The first-order chi connectivity index (χ1) is 30.8. The van der Waals surface area contributed by atoms with Crippen molar-refractivity contribution in [2.75, 3.05) is 0 Å². The summed E-state index contributed by atoms with van der Waals surface area (Å²) in [6.07, 6.45) is 0. The van der Waals surface area contributed by atoms with E-state index in [0.717, 1.165) is 5.69 Å². The highest BCUT2D eigenvalue weighted by atomic mass is 15.0. The van der Waals surface area contributed by atoms with Gasteiger partial charge in [0.05, 0.1) is 16.4 Å². The average molecular weight is 784 g/mol. The monoisotopic (exact) mass is 783 g/mol. The van der Waals surface area contributed by atoms with E-state index in [9.17, 15) is 0 Å². The largest absolute Gasteiger partial charge is 0.309 e. The van der Waals surface area contributed by atoms with Crippen molar-refractivity contribution in [3.05, 3.63) is 247 Å². The topological polar surface area (TPSA) is 4.93 Å². The number of hydrogen-bond acceptors (Lipinski definition) is 0. The highest BCUT2D eigenvalue weighted by Gasteiger charge is 2.52. The second kappa shape index (κ2) is 12.5. The minimum Gasteiger partial charge on any atom is -0.309 e. The van der Waals surface area contributed by atoms with Crippen molar-refractivity contribution in [3.63, 3.8) is 0 Å². The molecular formula is C61H37N. The Balaban J connectivity index is 1.12. The van der Waals surface area contributed by atoms with Crippen molar-refractivity contribution in [1.82, 2.24) is 4.57 Å². The molecule has 0 aliphatic heterocycles. The first-order valence-electron chi connectivity index (χ1n) is 21.7. The van der Waals surface area contributed by atoms with Gasteiger partial charge in [-0.2, -0.15) is 0 Å². The van der Waals surface area contributed by atoms with Crippen molar-refractivity contribution in [1.29, 1.82) is 0 Å². The average Bonchev–Trinajstić information content (AvgIpc) is 3.96. The van der Waals surface area contributed by atoms with Crippen LogP contribution in [-0.2, 0) is 5.41 Å². The summed E-state index contributed by atoms with van der Waals surface area (Å²) < 4.78 is 2.48. The van der Waals surface area contributed by atoms with E-state index < -0.39 is 5.41 Å². The molecule has 2 aliphatic rings. The third-order valence-corrected chi connectivity index (χ3v) is 14.2. The number of fused-ring (bicyclic) bond motifs is 19. The van der Waals surface area contributed by atoms with E-state index in [1.54, 1.807) is 0 Å². The van der Waals surface area contributed by atoms with Gasteiger partial charge in [0.2, 0.25) is 0 Å². The van der Waals surface area contributed by atoms with Gasteiger partial charge in [0.15, 0.2) is 0 Å². The second-order valence-electron chi connectivity index (χ2n) is 17.1. The molecule has 0 unspecified atom stereocenters. The Bertz CT molecular complexity index is 3780. The summed E-state index contributed by atoms with van der Waals surface area (Å²) in [7, 11) is 0. The number of para-hydroxylation sites is 2. The third-order valence-electron chi connectivity index (χ3n) is 14.2. The molecule has 1 spiro atoms. The summed E-state index contributed by atoms with van der Waals surface area (Å²) in [6.45, 7) is 0. The first kappa shape index (κ1) is 33.8. The Morgan fingerprint density at radius 2 is 0.774 bits per heavy atom. The molecule has 1 aromatic heterocycles. The molecule has 1 heteroatoms. The van der Waals surface area contributed by atoms with Gasteiger partial charge in [-0.3, -0.25) is 0 Å². The highest BCUT2D eigenvalue weighted by Crippen LogP contribution is 2.64. The van der Waals surface area contributed by atoms with Gasteiger partial charge in [-0.25, -0.2) is 0 Å². The molecule has 2 aliphatic carbocycles.